The predicted molar refractivity (Wildman–Crippen MR) is 94.0 cm³/mol. The molecule has 1 aromatic carbocycles. The first-order chi connectivity index (χ1) is 11.9. The van der Waals surface area contributed by atoms with Crippen molar-refractivity contribution in [2.45, 2.75) is 20.3 Å². The number of aliphatic carboxylic acids is 1. The van der Waals surface area contributed by atoms with E-state index >= 15 is 0 Å². The summed E-state index contributed by atoms with van der Waals surface area (Å²) in [4.78, 5) is 25.4. The lowest BCUT2D eigenvalue weighted by Gasteiger charge is -2.34. The van der Waals surface area contributed by atoms with Gasteiger partial charge in [0.25, 0.3) is 0 Å². The van der Waals surface area contributed by atoms with Crippen LogP contribution in [0.25, 0.3) is 0 Å². The van der Waals surface area contributed by atoms with Crippen molar-refractivity contribution < 1.29 is 24.2 Å². The second-order valence-electron chi connectivity index (χ2n) is 6.55. The maximum atomic E-state index is 12.6. The number of anilines is 1. The summed E-state index contributed by atoms with van der Waals surface area (Å²) < 4.78 is 10.7. The van der Waals surface area contributed by atoms with Gasteiger partial charge in [-0.15, -0.1) is 0 Å². The Morgan fingerprint density at radius 3 is 2.76 bits per heavy atom. The van der Waals surface area contributed by atoms with Crippen molar-refractivity contribution in [2.75, 3.05) is 38.7 Å². The molecule has 7 heteroatoms. The van der Waals surface area contributed by atoms with Crippen LogP contribution in [0.3, 0.4) is 0 Å². The van der Waals surface area contributed by atoms with Crippen molar-refractivity contribution in [3.05, 3.63) is 23.8 Å². The summed E-state index contributed by atoms with van der Waals surface area (Å²) in [5.74, 6) is -0.658. The summed E-state index contributed by atoms with van der Waals surface area (Å²) >= 11 is 0. The molecule has 0 aromatic heterocycles. The van der Waals surface area contributed by atoms with Crippen molar-refractivity contribution in [3.63, 3.8) is 0 Å². The zero-order valence-electron chi connectivity index (χ0n) is 14.9. The van der Waals surface area contributed by atoms with Gasteiger partial charge in [-0.3, -0.25) is 4.79 Å². The summed E-state index contributed by atoms with van der Waals surface area (Å²) in [6, 6.07) is 5.22. The van der Waals surface area contributed by atoms with Crippen LogP contribution in [-0.2, 0) is 9.53 Å². The number of aryl methyl sites for hydroxylation is 1. The summed E-state index contributed by atoms with van der Waals surface area (Å²) in [6.07, 6.45) is 0.592. The maximum absolute atomic E-state index is 12.6. The van der Waals surface area contributed by atoms with Gasteiger partial charge < -0.3 is 24.8 Å². The number of hydrogen-bond donors (Lipinski definition) is 2. The number of likely N-dealkylation sites (tertiary alicyclic amines) is 1. The third kappa shape index (κ3) is 5.35. The highest BCUT2D eigenvalue weighted by molar-refractivity contribution is 5.91. The van der Waals surface area contributed by atoms with E-state index in [-0.39, 0.29) is 18.5 Å². The Kier molecular flexibility index (Phi) is 6.64. The zero-order chi connectivity index (χ0) is 18.4. The number of rotatable bonds is 6. The molecule has 2 unspecified atom stereocenters. The van der Waals surface area contributed by atoms with Crippen LogP contribution in [0.1, 0.15) is 18.9 Å². The largest absolute Gasteiger partial charge is 0.489 e. The Bertz CT molecular complexity index is 619. The van der Waals surface area contributed by atoms with E-state index in [0.717, 1.165) is 5.56 Å². The number of carbonyl (C=O) groups excluding carboxylic acids is 1. The fourth-order valence-electron chi connectivity index (χ4n) is 2.98. The van der Waals surface area contributed by atoms with Crippen LogP contribution in [0.4, 0.5) is 10.5 Å². The van der Waals surface area contributed by atoms with E-state index in [0.29, 0.717) is 37.6 Å². The van der Waals surface area contributed by atoms with Gasteiger partial charge in [-0.2, -0.15) is 0 Å². The number of urea groups is 1. The highest BCUT2D eigenvalue weighted by atomic mass is 16.5. The van der Waals surface area contributed by atoms with E-state index in [1.807, 2.05) is 26.0 Å². The Hall–Kier alpha value is -2.28. The van der Waals surface area contributed by atoms with Gasteiger partial charge in [0.2, 0.25) is 0 Å². The monoisotopic (exact) mass is 350 g/mol. The smallest absolute Gasteiger partial charge is 0.321 e. The van der Waals surface area contributed by atoms with Crippen LogP contribution >= 0.6 is 0 Å². The van der Waals surface area contributed by atoms with E-state index in [2.05, 4.69) is 5.32 Å². The van der Waals surface area contributed by atoms with Crippen LogP contribution in [0.15, 0.2) is 18.2 Å². The lowest BCUT2D eigenvalue weighted by Crippen LogP contribution is -2.47. The van der Waals surface area contributed by atoms with E-state index in [4.69, 9.17) is 9.47 Å². The number of amides is 2. The molecule has 25 heavy (non-hydrogen) atoms. The normalized spacial score (nSPS) is 20.2. The zero-order valence-corrected chi connectivity index (χ0v) is 14.9. The van der Waals surface area contributed by atoms with Crippen LogP contribution in [-0.4, -0.2) is 55.4 Å². The average Bonchev–Trinajstić information content (AvgIpc) is 2.56. The molecule has 2 rings (SSSR count). The third-order valence-electron chi connectivity index (χ3n) is 4.22. The first-order valence-electron chi connectivity index (χ1n) is 8.41. The number of methoxy groups -OCH3 is 1. The molecule has 1 saturated heterocycles. The summed E-state index contributed by atoms with van der Waals surface area (Å²) in [7, 11) is 1.60. The highest BCUT2D eigenvalue weighted by Gasteiger charge is 2.32. The van der Waals surface area contributed by atoms with Crippen molar-refractivity contribution in [1.82, 2.24) is 4.90 Å². The minimum atomic E-state index is -0.858. The van der Waals surface area contributed by atoms with Crippen LogP contribution in [0, 0.1) is 18.8 Å². The molecule has 2 atom stereocenters. The first-order valence-corrected chi connectivity index (χ1v) is 8.41. The van der Waals surface area contributed by atoms with Gasteiger partial charge in [0, 0.05) is 20.2 Å². The second-order valence-corrected chi connectivity index (χ2v) is 6.55. The molecule has 1 fully saturated rings. The molecule has 1 aliphatic rings. The minimum Gasteiger partial charge on any atom is -0.489 e. The molecule has 0 spiro atoms. The molecule has 7 nitrogen and oxygen atoms in total. The molecule has 138 valence electrons. The number of benzene rings is 1. The molecule has 0 radical (unpaired) electrons. The molecule has 2 amide bonds. The van der Waals surface area contributed by atoms with Gasteiger partial charge in [0.1, 0.15) is 12.4 Å². The number of piperidine rings is 1. The second kappa shape index (κ2) is 8.71. The van der Waals surface area contributed by atoms with E-state index in [1.165, 1.54) is 0 Å². The lowest BCUT2D eigenvalue weighted by atomic mass is 9.91. The Morgan fingerprint density at radius 1 is 1.32 bits per heavy atom. The minimum absolute atomic E-state index is 0.149. The Balaban J connectivity index is 2.07. The number of nitrogens with zero attached hydrogens (tertiary/aromatic N) is 1. The van der Waals surface area contributed by atoms with Gasteiger partial charge in [-0.05, 0) is 37.0 Å². The number of carboxylic acid groups (broad SMARTS) is 1. The quantitative estimate of drug-likeness (QED) is 0.770. The van der Waals surface area contributed by atoms with Gasteiger partial charge >= 0.3 is 12.0 Å². The fraction of sp³-hybridized carbons (Fsp3) is 0.556. The maximum Gasteiger partial charge on any atom is 0.321 e. The number of nitrogens with one attached hydrogen (secondary N) is 1. The number of hydrogen-bond acceptors (Lipinski definition) is 4. The molecule has 1 aliphatic heterocycles. The molecule has 1 heterocycles. The molecular weight excluding hydrogens is 324 g/mol. The van der Waals surface area contributed by atoms with Crippen molar-refractivity contribution in [1.29, 1.82) is 0 Å². The predicted octanol–water partition coefficient (Wildman–Crippen LogP) is 2.59. The summed E-state index contributed by atoms with van der Waals surface area (Å²) in [5.41, 5.74) is 1.58. The van der Waals surface area contributed by atoms with Crippen LogP contribution in [0.2, 0.25) is 0 Å². The Labute approximate surface area is 147 Å². The van der Waals surface area contributed by atoms with Gasteiger partial charge in [0.05, 0.1) is 18.2 Å². The van der Waals surface area contributed by atoms with Gasteiger partial charge in [-0.25, -0.2) is 4.79 Å². The van der Waals surface area contributed by atoms with Crippen LogP contribution in [0.5, 0.6) is 5.75 Å². The summed E-state index contributed by atoms with van der Waals surface area (Å²) in [5, 5.41) is 12.1. The SMILES string of the molecule is COCCOc1cc(C)ccc1NC(=O)N1CC(C)CC(C(=O)O)C1. The van der Waals surface area contributed by atoms with E-state index in [9.17, 15) is 14.7 Å². The van der Waals surface area contributed by atoms with Gasteiger partial charge in [0.15, 0.2) is 0 Å². The molecule has 1 aromatic rings. The number of ether oxygens (including phenoxy) is 2. The average molecular weight is 350 g/mol. The highest BCUT2D eigenvalue weighted by Crippen LogP contribution is 2.27. The molecule has 2 N–H and O–H groups in total. The van der Waals surface area contributed by atoms with E-state index in [1.54, 1.807) is 18.1 Å². The first kappa shape index (κ1) is 19.1. The van der Waals surface area contributed by atoms with Crippen molar-refractivity contribution in [3.8, 4) is 5.75 Å². The van der Waals surface area contributed by atoms with Gasteiger partial charge in [-0.1, -0.05) is 13.0 Å². The van der Waals surface area contributed by atoms with Crippen molar-refractivity contribution in [2.24, 2.45) is 11.8 Å². The van der Waals surface area contributed by atoms with E-state index < -0.39 is 11.9 Å². The number of carboxylic acids is 1. The lowest BCUT2D eigenvalue weighted by molar-refractivity contribution is -0.143. The number of carbonyl (C=O) groups is 2. The Morgan fingerprint density at radius 2 is 2.08 bits per heavy atom. The van der Waals surface area contributed by atoms with Crippen molar-refractivity contribution >= 4 is 17.7 Å². The fourth-order valence-corrected chi connectivity index (χ4v) is 2.98. The summed E-state index contributed by atoms with van der Waals surface area (Å²) in [6.45, 7) is 5.49. The molecule has 0 saturated carbocycles. The third-order valence-corrected chi connectivity index (χ3v) is 4.22. The standard InChI is InChI=1S/C18H26N2O5/c1-12-4-5-15(16(9-12)25-7-6-24-3)19-18(23)20-10-13(2)8-14(11-20)17(21)22/h4-5,9,13-14H,6-8,10-11H2,1-3H3,(H,19,23)(H,21,22). The topological polar surface area (TPSA) is 88.1 Å². The molecular formula is C18H26N2O5. The van der Waals surface area contributed by atoms with Crippen LogP contribution < -0.4 is 10.1 Å². The molecule has 0 aliphatic carbocycles. The molecule has 0 bridgehead atoms.